The van der Waals surface area contributed by atoms with Gasteiger partial charge in [0.15, 0.2) is 0 Å². The molecule has 0 unspecified atom stereocenters. The molecule has 4 nitrogen and oxygen atoms in total. The Hall–Kier alpha value is -2.49. The molecule has 2 aromatic carbocycles. The predicted molar refractivity (Wildman–Crippen MR) is 90.8 cm³/mol. The minimum Gasteiger partial charge on any atom is -0.489 e. The van der Waals surface area contributed by atoms with Gasteiger partial charge in [-0.05, 0) is 63.1 Å². The number of amides is 2. The van der Waals surface area contributed by atoms with Crippen molar-refractivity contribution in [3.8, 4) is 5.75 Å². The first-order valence-electron chi connectivity index (χ1n) is 7.36. The Balaban J connectivity index is 2.09. The second-order valence-electron chi connectivity index (χ2n) is 5.62. The molecule has 0 aromatic heterocycles. The maximum Gasteiger partial charge on any atom is 0.323 e. The average molecular weight is 298 g/mol. The van der Waals surface area contributed by atoms with Crippen LogP contribution in [0.15, 0.2) is 42.5 Å². The third-order valence-electron chi connectivity index (χ3n) is 2.98. The van der Waals surface area contributed by atoms with E-state index in [1.807, 2.05) is 64.1 Å². The molecule has 0 aliphatic carbocycles. The molecule has 2 N–H and O–H groups in total. The second-order valence-corrected chi connectivity index (χ2v) is 5.62. The number of hydrogen-bond acceptors (Lipinski definition) is 2. The van der Waals surface area contributed by atoms with Crippen LogP contribution in [0.4, 0.5) is 16.2 Å². The van der Waals surface area contributed by atoms with Crippen molar-refractivity contribution in [1.82, 2.24) is 0 Å². The number of benzene rings is 2. The van der Waals surface area contributed by atoms with Crippen LogP contribution in [0, 0.1) is 13.8 Å². The molecule has 116 valence electrons. The van der Waals surface area contributed by atoms with E-state index in [4.69, 9.17) is 4.74 Å². The molecule has 0 atom stereocenters. The van der Waals surface area contributed by atoms with E-state index in [2.05, 4.69) is 16.7 Å². The van der Waals surface area contributed by atoms with Gasteiger partial charge >= 0.3 is 6.03 Å². The van der Waals surface area contributed by atoms with Gasteiger partial charge in [-0.25, -0.2) is 4.79 Å². The predicted octanol–water partition coefficient (Wildman–Crippen LogP) is 4.73. The van der Waals surface area contributed by atoms with Gasteiger partial charge in [0.1, 0.15) is 5.75 Å². The van der Waals surface area contributed by atoms with E-state index in [0.29, 0.717) is 11.4 Å². The number of rotatable bonds is 4. The van der Waals surface area contributed by atoms with Gasteiger partial charge in [0.25, 0.3) is 0 Å². The van der Waals surface area contributed by atoms with Crippen LogP contribution in [0.5, 0.6) is 5.75 Å². The molecular weight excluding hydrogens is 276 g/mol. The van der Waals surface area contributed by atoms with E-state index in [1.165, 1.54) is 0 Å². The number of urea groups is 1. The van der Waals surface area contributed by atoms with Gasteiger partial charge < -0.3 is 15.4 Å². The minimum absolute atomic E-state index is 0.0467. The van der Waals surface area contributed by atoms with Crippen molar-refractivity contribution in [3.05, 3.63) is 53.6 Å². The lowest BCUT2D eigenvalue weighted by molar-refractivity contribution is 0.243. The number of ether oxygens (including phenoxy) is 1. The summed E-state index contributed by atoms with van der Waals surface area (Å²) in [4.78, 5) is 12.2. The SMILES string of the molecule is Cc1cc(C)cc(NC(=O)Nc2ccccc2OC(C)C)c1. The highest BCUT2D eigenvalue weighted by Crippen LogP contribution is 2.25. The summed E-state index contributed by atoms with van der Waals surface area (Å²) in [6, 6.07) is 13.0. The lowest BCUT2D eigenvalue weighted by Gasteiger charge is -2.15. The Bertz CT molecular complexity index is 646. The van der Waals surface area contributed by atoms with Crippen LogP contribution >= 0.6 is 0 Å². The van der Waals surface area contributed by atoms with Crippen molar-refractivity contribution < 1.29 is 9.53 Å². The summed E-state index contributed by atoms with van der Waals surface area (Å²) >= 11 is 0. The summed E-state index contributed by atoms with van der Waals surface area (Å²) in [5.41, 5.74) is 3.65. The normalized spacial score (nSPS) is 10.4. The number of aryl methyl sites for hydroxylation is 2. The third-order valence-corrected chi connectivity index (χ3v) is 2.98. The topological polar surface area (TPSA) is 50.4 Å². The van der Waals surface area contributed by atoms with Crippen LogP contribution in [0.25, 0.3) is 0 Å². The van der Waals surface area contributed by atoms with Crippen molar-refractivity contribution in [3.63, 3.8) is 0 Å². The van der Waals surface area contributed by atoms with Crippen LogP contribution in [0.1, 0.15) is 25.0 Å². The summed E-state index contributed by atoms with van der Waals surface area (Å²) in [6.07, 6.45) is 0.0467. The first kappa shape index (κ1) is 15.9. The first-order chi connectivity index (χ1) is 10.4. The van der Waals surface area contributed by atoms with Gasteiger partial charge in [-0.15, -0.1) is 0 Å². The molecule has 0 aliphatic heterocycles. The third kappa shape index (κ3) is 4.52. The molecule has 0 aliphatic rings. The molecule has 2 aromatic rings. The molecule has 2 rings (SSSR count). The molecule has 0 fully saturated rings. The van der Waals surface area contributed by atoms with E-state index < -0.39 is 0 Å². The molecule has 4 heteroatoms. The molecular formula is C18H22N2O2. The van der Waals surface area contributed by atoms with Gasteiger partial charge in [-0.3, -0.25) is 0 Å². The minimum atomic E-state index is -0.287. The second kappa shape index (κ2) is 6.98. The van der Waals surface area contributed by atoms with Gasteiger partial charge in [-0.2, -0.15) is 0 Å². The molecule has 0 spiro atoms. The Morgan fingerprint density at radius 3 is 2.27 bits per heavy atom. The number of hydrogen-bond donors (Lipinski definition) is 2. The van der Waals surface area contributed by atoms with Gasteiger partial charge in [0.05, 0.1) is 11.8 Å². The van der Waals surface area contributed by atoms with Crippen molar-refractivity contribution in [2.45, 2.75) is 33.8 Å². The number of carbonyl (C=O) groups excluding carboxylic acids is 1. The van der Waals surface area contributed by atoms with Gasteiger partial charge in [0, 0.05) is 5.69 Å². The highest BCUT2D eigenvalue weighted by atomic mass is 16.5. The Morgan fingerprint density at radius 1 is 1.00 bits per heavy atom. The largest absolute Gasteiger partial charge is 0.489 e. The molecule has 0 bridgehead atoms. The fourth-order valence-corrected chi connectivity index (χ4v) is 2.26. The Labute approximate surface area is 131 Å². The van der Waals surface area contributed by atoms with E-state index in [-0.39, 0.29) is 12.1 Å². The van der Waals surface area contributed by atoms with Gasteiger partial charge in [0.2, 0.25) is 0 Å². The van der Waals surface area contributed by atoms with E-state index >= 15 is 0 Å². The number of carbonyl (C=O) groups is 1. The lowest BCUT2D eigenvalue weighted by atomic mass is 10.1. The van der Waals surface area contributed by atoms with Crippen molar-refractivity contribution in [2.75, 3.05) is 10.6 Å². The van der Waals surface area contributed by atoms with E-state index in [1.54, 1.807) is 0 Å². The average Bonchev–Trinajstić information content (AvgIpc) is 2.39. The monoisotopic (exact) mass is 298 g/mol. The molecule has 0 heterocycles. The smallest absolute Gasteiger partial charge is 0.323 e. The van der Waals surface area contributed by atoms with E-state index in [9.17, 15) is 4.79 Å². The highest BCUT2D eigenvalue weighted by molar-refractivity contribution is 6.00. The van der Waals surface area contributed by atoms with E-state index in [0.717, 1.165) is 16.8 Å². The van der Waals surface area contributed by atoms with Crippen LogP contribution in [-0.4, -0.2) is 12.1 Å². The van der Waals surface area contributed by atoms with Crippen molar-refractivity contribution >= 4 is 17.4 Å². The summed E-state index contributed by atoms with van der Waals surface area (Å²) in [5.74, 6) is 0.660. The summed E-state index contributed by atoms with van der Waals surface area (Å²) in [6.45, 7) is 7.91. The first-order valence-corrected chi connectivity index (χ1v) is 7.36. The fourth-order valence-electron chi connectivity index (χ4n) is 2.26. The zero-order valence-corrected chi connectivity index (χ0v) is 13.4. The molecule has 0 radical (unpaired) electrons. The lowest BCUT2D eigenvalue weighted by Crippen LogP contribution is -2.20. The standard InChI is InChI=1S/C18H22N2O2/c1-12(2)22-17-8-6-5-7-16(17)20-18(21)19-15-10-13(3)9-14(4)11-15/h5-12H,1-4H3,(H2,19,20,21). The molecule has 0 saturated heterocycles. The molecule has 0 saturated carbocycles. The highest BCUT2D eigenvalue weighted by Gasteiger charge is 2.09. The Kier molecular flexibility index (Phi) is 5.04. The zero-order valence-electron chi connectivity index (χ0n) is 13.4. The summed E-state index contributed by atoms with van der Waals surface area (Å²) in [5, 5.41) is 5.68. The van der Waals surface area contributed by atoms with Crippen LogP contribution in [0.2, 0.25) is 0 Å². The number of nitrogens with one attached hydrogen (secondary N) is 2. The summed E-state index contributed by atoms with van der Waals surface area (Å²) in [7, 11) is 0. The van der Waals surface area contributed by atoms with Crippen LogP contribution in [-0.2, 0) is 0 Å². The number of para-hydroxylation sites is 2. The molecule has 2 amide bonds. The van der Waals surface area contributed by atoms with Crippen molar-refractivity contribution in [1.29, 1.82) is 0 Å². The fraction of sp³-hybridized carbons (Fsp3) is 0.278. The summed E-state index contributed by atoms with van der Waals surface area (Å²) < 4.78 is 5.69. The Morgan fingerprint density at radius 2 is 1.64 bits per heavy atom. The number of anilines is 2. The maximum atomic E-state index is 12.2. The maximum absolute atomic E-state index is 12.2. The van der Waals surface area contributed by atoms with Gasteiger partial charge in [-0.1, -0.05) is 18.2 Å². The van der Waals surface area contributed by atoms with Crippen LogP contribution in [0.3, 0.4) is 0 Å². The molecule has 22 heavy (non-hydrogen) atoms. The van der Waals surface area contributed by atoms with Crippen molar-refractivity contribution in [2.24, 2.45) is 0 Å². The van der Waals surface area contributed by atoms with Crippen LogP contribution < -0.4 is 15.4 Å². The zero-order chi connectivity index (χ0) is 16.1. The quantitative estimate of drug-likeness (QED) is 0.857.